The number of rotatable bonds is 18. The molecule has 0 aromatic carbocycles. The third-order valence-electron chi connectivity index (χ3n) is 5.68. The maximum Gasteiger partial charge on any atom is 0.261 e. The summed E-state index contributed by atoms with van der Waals surface area (Å²) in [6, 6.07) is 0. The van der Waals surface area contributed by atoms with E-state index < -0.39 is 14.1 Å². The van der Waals surface area contributed by atoms with Crippen molar-refractivity contribution in [1.29, 1.82) is 0 Å². The smallest absolute Gasteiger partial charge is 0.0939 e. The van der Waals surface area contributed by atoms with Crippen molar-refractivity contribution in [2.45, 2.75) is 134 Å². The number of hydrogen-bond donors (Lipinski definition) is 0. The lowest BCUT2D eigenvalue weighted by Gasteiger charge is -2.13. The lowest BCUT2D eigenvalue weighted by atomic mass is 10.1. The van der Waals surface area contributed by atoms with Gasteiger partial charge in [0.2, 0.25) is 0 Å². The van der Waals surface area contributed by atoms with Gasteiger partial charge in [-0.1, -0.05) is 134 Å². The summed E-state index contributed by atoms with van der Waals surface area (Å²) in [5, 5.41) is 4.94. The molecule has 0 aliphatic rings. The Hall–Kier alpha value is 0.532. The van der Waals surface area contributed by atoms with Crippen LogP contribution in [0.4, 0.5) is 0 Å². The van der Waals surface area contributed by atoms with Crippen molar-refractivity contribution in [2.75, 3.05) is 0 Å². The summed E-state index contributed by atoms with van der Waals surface area (Å²) in [5.74, 6) is 2.69. The van der Waals surface area contributed by atoms with Crippen LogP contribution in [0.3, 0.4) is 0 Å². The standard InChI is InChI=1S/3C8H17.Al/c3*1-4-5-6-7-8(2)3;/h3*8H,1,4-7H2,2-3H3;. The molecule has 0 N–H and O–H groups in total. The van der Waals surface area contributed by atoms with Crippen molar-refractivity contribution in [3.63, 3.8) is 0 Å². The van der Waals surface area contributed by atoms with E-state index in [1.54, 1.807) is 35.1 Å². The molecule has 0 heterocycles. The Kier molecular flexibility index (Phi) is 18.3. The average Bonchev–Trinajstić information content (AvgIpc) is 2.52. The predicted molar refractivity (Wildman–Crippen MR) is 120 cm³/mol. The molecule has 150 valence electrons. The fraction of sp³-hybridized carbons (Fsp3) is 1.00. The summed E-state index contributed by atoms with van der Waals surface area (Å²) in [5.41, 5.74) is 0. The van der Waals surface area contributed by atoms with Gasteiger partial charge in [-0.3, -0.25) is 0 Å². The molecule has 0 saturated carbocycles. The molecule has 0 unspecified atom stereocenters. The molecule has 25 heavy (non-hydrogen) atoms. The summed E-state index contributed by atoms with van der Waals surface area (Å²) in [6.07, 6.45) is 17.9. The van der Waals surface area contributed by atoms with Crippen LogP contribution in [0.15, 0.2) is 0 Å². The van der Waals surface area contributed by atoms with Crippen LogP contribution in [0.5, 0.6) is 0 Å². The van der Waals surface area contributed by atoms with E-state index in [-0.39, 0.29) is 0 Å². The molecule has 0 aliphatic carbocycles. The molecule has 0 radical (unpaired) electrons. The third-order valence-corrected chi connectivity index (χ3v) is 9.36. The molecule has 1 heteroatoms. The molecule has 0 aromatic rings. The van der Waals surface area contributed by atoms with Gasteiger partial charge in [-0.2, -0.15) is 0 Å². The van der Waals surface area contributed by atoms with Crippen LogP contribution in [-0.2, 0) is 0 Å². The van der Waals surface area contributed by atoms with E-state index in [2.05, 4.69) is 41.5 Å². The normalized spacial score (nSPS) is 11.9. The molecule has 0 bridgehead atoms. The van der Waals surface area contributed by atoms with Crippen molar-refractivity contribution >= 4 is 14.1 Å². The van der Waals surface area contributed by atoms with Crippen LogP contribution in [-0.4, -0.2) is 14.1 Å². The topological polar surface area (TPSA) is 0 Å². The minimum atomic E-state index is -0.435. The lowest BCUT2D eigenvalue weighted by Crippen LogP contribution is -2.12. The fourth-order valence-electron chi connectivity index (χ4n) is 3.92. The second-order valence-electron chi connectivity index (χ2n) is 9.96. The first kappa shape index (κ1) is 25.5. The Morgan fingerprint density at radius 1 is 0.400 bits per heavy atom. The molecule has 0 amide bonds. The van der Waals surface area contributed by atoms with Gasteiger partial charge in [0, 0.05) is 0 Å². The quantitative estimate of drug-likeness (QED) is 0.167. The molecule has 0 atom stereocenters. The zero-order valence-electron chi connectivity index (χ0n) is 18.9. The zero-order valence-corrected chi connectivity index (χ0v) is 20.1. The van der Waals surface area contributed by atoms with Crippen molar-refractivity contribution in [1.82, 2.24) is 0 Å². The highest BCUT2D eigenvalue weighted by molar-refractivity contribution is 6.58. The van der Waals surface area contributed by atoms with E-state index in [1.165, 1.54) is 57.8 Å². The van der Waals surface area contributed by atoms with E-state index in [0.29, 0.717) is 0 Å². The maximum absolute atomic E-state index is 2.37. The Bertz CT molecular complexity index is 214. The SMILES string of the molecule is CC(C)CCCC[CH2][Al]([CH2]CCCCC(C)C)[CH2]CCCCC(C)C. The summed E-state index contributed by atoms with van der Waals surface area (Å²) < 4.78 is 0. The summed E-state index contributed by atoms with van der Waals surface area (Å²) in [4.78, 5) is 0. The van der Waals surface area contributed by atoms with E-state index >= 15 is 0 Å². The molecule has 0 fully saturated rings. The van der Waals surface area contributed by atoms with Gasteiger partial charge in [-0.15, -0.1) is 0 Å². The fourth-order valence-corrected chi connectivity index (χ4v) is 7.38. The van der Waals surface area contributed by atoms with E-state index in [4.69, 9.17) is 0 Å². The minimum absolute atomic E-state index is 0.435. The van der Waals surface area contributed by atoms with Crippen molar-refractivity contribution in [3.8, 4) is 0 Å². The maximum atomic E-state index is 2.37. The molecule has 0 aliphatic heterocycles. The van der Waals surface area contributed by atoms with E-state index in [1.807, 2.05) is 0 Å². The van der Waals surface area contributed by atoms with Crippen molar-refractivity contribution in [3.05, 3.63) is 0 Å². The lowest BCUT2D eigenvalue weighted by molar-refractivity contribution is 0.528. The second-order valence-corrected chi connectivity index (χ2v) is 13.4. The van der Waals surface area contributed by atoms with Gasteiger partial charge >= 0.3 is 0 Å². The van der Waals surface area contributed by atoms with E-state index in [9.17, 15) is 0 Å². The zero-order chi connectivity index (χ0) is 18.9. The third kappa shape index (κ3) is 20.7. The van der Waals surface area contributed by atoms with Gasteiger partial charge in [-0.25, -0.2) is 0 Å². The summed E-state index contributed by atoms with van der Waals surface area (Å²) in [6.45, 7) is 14.2. The second kappa shape index (κ2) is 17.9. The van der Waals surface area contributed by atoms with Crippen LogP contribution in [0.25, 0.3) is 0 Å². The monoisotopic (exact) mass is 366 g/mol. The van der Waals surface area contributed by atoms with Crippen LogP contribution < -0.4 is 0 Å². The number of hydrogen-bond acceptors (Lipinski definition) is 0. The highest BCUT2D eigenvalue weighted by Gasteiger charge is 2.15. The predicted octanol–water partition coefficient (Wildman–Crippen LogP) is 9.13. The Morgan fingerprint density at radius 2 is 0.680 bits per heavy atom. The van der Waals surface area contributed by atoms with Gasteiger partial charge in [-0.05, 0) is 17.8 Å². The van der Waals surface area contributed by atoms with Crippen LogP contribution in [0.2, 0.25) is 15.8 Å². The Balaban J connectivity index is 3.87. The van der Waals surface area contributed by atoms with Crippen molar-refractivity contribution in [2.24, 2.45) is 17.8 Å². The Labute approximate surface area is 166 Å². The minimum Gasteiger partial charge on any atom is -0.0939 e. The summed E-state index contributed by atoms with van der Waals surface area (Å²) >= 11 is -0.435. The van der Waals surface area contributed by atoms with Gasteiger partial charge in [0.25, 0.3) is 14.1 Å². The largest absolute Gasteiger partial charge is 0.261 e. The first-order valence-corrected chi connectivity index (χ1v) is 14.4. The van der Waals surface area contributed by atoms with Gasteiger partial charge in [0.15, 0.2) is 0 Å². The molecule has 0 nitrogen and oxygen atoms in total. The average molecular weight is 367 g/mol. The molecular formula is C24H51Al. The van der Waals surface area contributed by atoms with Gasteiger partial charge in [0.1, 0.15) is 0 Å². The molecule has 0 spiro atoms. The molecule has 0 rings (SSSR count). The van der Waals surface area contributed by atoms with Crippen LogP contribution in [0.1, 0.15) is 119 Å². The van der Waals surface area contributed by atoms with Crippen LogP contribution in [0, 0.1) is 17.8 Å². The molecule has 0 aromatic heterocycles. The number of unbranched alkanes of at least 4 members (excludes halogenated alkanes) is 6. The van der Waals surface area contributed by atoms with Gasteiger partial charge in [0.05, 0.1) is 0 Å². The van der Waals surface area contributed by atoms with Crippen LogP contribution >= 0.6 is 0 Å². The summed E-state index contributed by atoms with van der Waals surface area (Å²) in [7, 11) is 0. The van der Waals surface area contributed by atoms with Gasteiger partial charge < -0.3 is 0 Å². The first-order valence-electron chi connectivity index (χ1n) is 11.9. The van der Waals surface area contributed by atoms with E-state index in [0.717, 1.165) is 17.8 Å². The molecular weight excluding hydrogens is 315 g/mol. The first-order chi connectivity index (χ1) is 11.9. The molecule has 0 saturated heterocycles. The highest BCUT2D eigenvalue weighted by atomic mass is 27.2. The highest BCUT2D eigenvalue weighted by Crippen LogP contribution is 2.21. The Morgan fingerprint density at radius 3 is 0.920 bits per heavy atom. The van der Waals surface area contributed by atoms with Crippen molar-refractivity contribution < 1.29 is 0 Å².